The van der Waals surface area contributed by atoms with Gasteiger partial charge in [-0.25, -0.2) is 0 Å². The Hall–Kier alpha value is -1.84. The molecule has 0 aliphatic heterocycles. The number of aromatic hydroxyl groups is 1. The molecule has 3 nitrogen and oxygen atoms in total. The molecule has 0 fully saturated rings. The van der Waals surface area contributed by atoms with E-state index in [1.807, 2.05) is 30.3 Å². The summed E-state index contributed by atoms with van der Waals surface area (Å²) in [6.07, 6.45) is 0. The van der Waals surface area contributed by atoms with E-state index in [-0.39, 0.29) is 11.8 Å². The third-order valence-electron chi connectivity index (χ3n) is 3.29. The third-order valence-corrected chi connectivity index (χ3v) is 3.29. The van der Waals surface area contributed by atoms with Crippen molar-refractivity contribution in [2.45, 2.75) is 12.6 Å². The number of phenolic OH excluding ortho intramolecular Hbond substituents is 1. The highest BCUT2D eigenvalue weighted by atomic mass is 16.3. The normalized spacial score (nSPS) is 12.6. The molecular formula is C16H20N2O. The zero-order valence-electron chi connectivity index (χ0n) is 11.2. The smallest absolute Gasteiger partial charge is 0.115 e. The van der Waals surface area contributed by atoms with Crippen molar-refractivity contribution < 1.29 is 5.11 Å². The molecule has 0 bridgehead atoms. The lowest BCUT2D eigenvalue weighted by atomic mass is 10.0. The van der Waals surface area contributed by atoms with Crippen molar-refractivity contribution in [2.75, 3.05) is 13.6 Å². The highest BCUT2D eigenvalue weighted by Gasteiger charge is 2.15. The van der Waals surface area contributed by atoms with Crippen LogP contribution in [0.1, 0.15) is 17.2 Å². The first-order valence-electron chi connectivity index (χ1n) is 6.44. The van der Waals surface area contributed by atoms with E-state index in [1.54, 1.807) is 12.1 Å². The van der Waals surface area contributed by atoms with Crippen molar-refractivity contribution >= 4 is 0 Å². The van der Waals surface area contributed by atoms with Gasteiger partial charge in [0.25, 0.3) is 0 Å². The molecule has 1 atom stereocenters. The molecule has 3 N–H and O–H groups in total. The average Bonchev–Trinajstić information content (AvgIpc) is 2.41. The minimum Gasteiger partial charge on any atom is -0.508 e. The van der Waals surface area contributed by atoms with Gasteiger partial charge < -0.3 is 10.8 Å². The Morgan fingerprint density at radius 2 is 1.84 bits per heavy atom. The van der Waals surface area contributed by atoms with Crippen molar-refractivity contribution in [3.63, 3.8) is 0 Å². The van der Waals surface area contributed by atoms with E-state index in [0.717, 1.165) is 12.1 Å². The van der Waals surface area contributed by atoms with Gasteiger partial charge in [0.15, 0.2) is 0 Å². The van der Waals surface area contributed by atoms with Crippen molar-refractivity contribution in [3.05, 3.63) is 65.7 Å². The van der Waals surface area contributed by atoms with Crippen molar-refractivity contribution in [2.24, 2.45) is 5.73 Å². The third kappa shape index (κ3) is 3.56. The predicted molar refractivity (Wildman–Crippen MR) is 77.8 cm³/mol. The summed E-state index contributed by atoms with van der Waals surface area (Å²) >= 11 is 0. The molecule has 0 radical (unpaired) electrons. The summed E-state index contributed by atoms with van der Waals surface area (Å²) in [5, 5.41) is 9.57. The van der Waals surface area contributed by atoms with Crippen molar-refractivity contribution in [1.29, 1.82) is 0 Å². The first kappa shape index (κ1) is 13.6. The van der Waals surface area contributed by atoms with Crippen LogP contribution < -0.4 is 5.73 Å². The van der Waals surface area contributed by atoms with Crippen LogP contribution in [0.15, 0.2) is 54.6 Å². The Morgan fingerprint density at radius 1 is 1.11 bits per heavy atom. The molecule has 0 spiro atoms. The Bertz CT molecular complexity index is 513. The summed E-state index contributed by atoms with van der Waals surface area (Å²) in [5.41, 5.74) is 8.18. The van der Waals surface area contributed by atoms with Gasteiger partial charge in [0.1, 0.15) is 5.75 Å². The highest BCUT2D eigenvalue weighted by Crippen LogP contribution is 2.23. The molecule has 0 saturated heterocycles. The fourth-order valence-electron chi connectivity index (χ4n) is 2.28. The van der Waals surface area contributed by atoms with Gasteiger partial charge in [-0.05, 0) is 30.3 Å². The number of phenols is 1. The predicted octanol–water partition coefficient (Wildman–Crippen LogP) is 2.52. The molecule has 100 valence electrons. The molecule has 0 saturated carbocycles. The molecule has 0 aromatic heterocycles. The summed E-state index contributed by atoms with van der Waals surface area (Å²) < 4.78 is 0. The van der Waals surface area contributed by atoms with Crippen LogP contribution in [0.25, 0.3) is 0 Å². The molecule has 3 heteroatoms. The van der Waals surface area contributed by atoms with E-state index < -0.39 is 0 Å². The van der Waals surface area contributed by atoms with Gasteiger partial charge in [0.05, 0.1) is 0 Å². The largest absolute Gasteiger partial charge is 0.508 e. The highest BCUT2D eigenvalue weighted by molar-refractivity contribution is 5.29. The molecule has 2 aromatic carbocycles. The number of rotatable bonds is 5. The van der Waals surface area contributed by atoms with Crippen LogP contribution in [0.2, 0.25) is 0 Å². The summed E-state index contributed by atoms with van der Waals surface area (Å²) in [6, 6.07) is 17.7. The Kier molecular flexibility index (Phi) is 4.55. The first-order chi connectivity index (χ1) is 9.20. The molecule has 2 rings (SSSR count). The molecule has 0 amide bonds. The van der Waals surface area contributed by atoms with Crippen LogP contribution in [0, 0.1) is 0 Å². The number of hydrogen-bond acceptors (Lipinski definition) is 3. The minimum absolute atomic E-state index is 0.104. The zero-order chi connectivity index (χ0) is 13.7. The zero-order valence-corrected chi connectivity index (χ0v) is 11.2. The Labute approximate surface area is 114 Å². The van der Waals surface area contributed by atoms with E-state index in [2.05, 4.69) is 24.1 Å². The quantitative estimate of drug-likeness (QED) is 0.864. The number of nitrogens with zero attached hydrogens (tertiary/aromatic N) is 1. The first-order valence-corrected chi connectivity index (χ1v) is 6.44. The monoisotopic (exact) mass is 256 g/mol. The van der Waals surface area contributed by atoms with Crippen LogP contribution in [-0.4, -0.2) is 23.6 Å². The number of hydrogen-bond donors (Lipinski definition) is 2. The Balaban J connectivity index is 2.13. The second-order valence-corrected chi connectivity index (χ2v) is 4.75. The maximum absolute atomic E-state index is 9.57. The van der Waals surface area contributed by atoms with Gasteiger partial charge in [-0.3, -0.25) is 4.90 Å². The maximum Gasteiger partial charge on any atom is 0.115 e. The van der Waals surface area contributed by atoms with Crippen LogP contribution in [0.5, 0.6) is 5.75 Å². The van der Waals surface area contributed by atoms with Crippen LogP contribution in [-0.2, 0) is 6.54 Å². The van der Waals surface area contributed by atoms with Crippen molar-refractivity contribution in [3.8, 4) is 5.75 Å². The lowest BCUT2D eigenvalue weighted by molar-refractivity contribution is 0.241. The molecule has 0 aliphatic rings. The van der Waals surface area contributed by atoms with Crippen LogP contribution in [0.3, 0.4) is 0 Å². The average molecular weight is 256 g/mol. The lowest BCUT2D eigenvalue weighted by Gasteiger charge is -2.27. The van der Waals surface area contributed by atoms with Gasteiger partial charge in [-0.2, -0.15) is 0 Å². The number of nitrogens with two attached hydrogens (primary N) is 1. The van der Waals surface area contributed by atoms with E-state index in [9.17, 15) is 5.11 Å². The maximum atomic E-state index is 9.57. The van der Waals surface area contributed by atoms with Crippen molar-refractivity contribution in [1.82, 2.24) is 4.90 Å². The topological polar surface area (TPSA) is 49.5 Å². The van der Waals surface area contributed by atoms with E-state index in [0.29, 0.717) is 6.54 Å². The molecular weight excluding hydrogens is 236 g/mol. The van der Waals surface area contributed by atoms with E-state index >= 15 is 0 Å². The molecule has 19 heavy (non-hydrogen) atoms. The fourth-order valence-corrected chi connectivity index (χ4v) is 2.28. The summed E-state index contributed by atoms with van der Waals surface area (Å²) in [6.45, 7) is 1.35. The van der Waals surface area contributed by atoms with Gasteiger partial charge in [0.2, 0.25) is 0 Å². The fraction of sp³-hybridized carbons (Fsp3) is 0.250. The lowest BCUT2D eigenvalue weighted by Crippen LogP contribution is -2.30. The van der Waals surface area contributed by atoms with Crippen LogP contribution >= 0.6 is 0 Å². The van der Waals surface area contributed by atoms with Gasteiger partial charge in [-0.15, -0.1) is 0 Å². The van der Waals surface area contributed by atoms with Crippen LogP contribution in [0.4, 0.5) is 0 Å². The molecule has 1 unspecified atom stereocenters. The van der Waals surface area contributed by atoms with Gasteiger partial charge >= 0.3 is 0 Å². The summed E-state index contributed by atoms with van der Waals surface area (Å²) in [4.78, 5) is 2.20. The molecule has 0 heterocycles. The summed E-state index contributed by atoms with van der Waals surface area (Å²) in [5.74, 6) is 0.282. The van der Waals surface area contributed by atoms with E-state index in [4.69, 9.17) is 5.73 Å². The standard InChI is InChI=1S/C16H20N2O/c1-18(12-13-6-3-2-4-7-13)16(11-17)14-8-5-9-15(19)10-14/h2-10,16,19H,11-12,17H2,1H3. The second kappa shape index (κ2) is 6.36. The van der Waals surface area contributed by atoms with Gasteiger partial charge in [0, 0.05) is 19.1 Å². The number of likely N-dealkylation sites (N-methyl/N-ethyl adjacent to an activating group) is 1. The SMILES string of the molecule is CN(Cc1ccccc1)C(CN)c1cccc(O)c1. The second-order valence-electron chi connectivity index (χ2n) is 4.75. The van der Waals surface area contributed by atoms with E-state index in [1.165, 1.54) is 5.56 Å². The molecule has 2 aromatic rings. The summed E-state index contributed by atoms with van der Waals surface area (Å²) in [7, 11) is 2.05. The minimum atomic E-state index is 0.104. The Morgan fingerprint density at radius 3 is 2.47 bits per heavy atom. The molecule has 0 aliphatic carbocycles. The number of benzene rings is 2. The van der Waals surface area contributed by atoms with Gasteiger partial charge in [-0.1, -0.05) is 42.5 Å².